The van der Waals surface area contributed by atoms with Crippen molar-refractivity contribution in [3.63, 3.8) is 0 Å². The summed E-state index contributed by atoms with van der Waals surface area (Å²) in [6.07, 6.45) is 1.06. The van der Waals surface area contributed by atoms with Crippen LogP contribution in [0.25, 0.3) is 0 Å². The second kappa shape index (κ2) is 5.35. The molecule has 20 heavy (non-hydrogen) atoms. The van der Waals surface area contributed by atoms with Crippen molar-refractivity contribution >= 4 is 17.2 Å². The molecule has 0 fully saturated rings. The van der Waals surface area contributed by atoms with Crippen molar-refractivity contribution < 1.29 is 9.32 Å². The van der Waals surface area contributed by atoms with Crippen molar-refractivity contribution in [2.24, 2.45) is 5.84 Å². The van der Waals surface area contributed by atoms with Crippen LogP contribution in [0.1, 0.15) is 39.7 Å². The number of fused-ring (bicyclic) bond motifs is 1. The summed E-state index contributed by atoms with van der Waals surface area (Å²) < 4.78 is 5.20. The first-order chi connectivity index (χ1) is 9.69. The Morgan fingerprint density at radius 2 is 2.55 bits per heavy atom. The fraction of sp³-hybridized carbons (Fsp3) is 0.385. The van der Waals surface area contributed by atoms with Gasteiger partial charge in [-0.15, -0.1) is 11.3 Å². The van der Waals surface area contributed by atoms with Crippen LogP contribution in [-0.2, 0) is 13.0 Å². The number of nitrogens with zero attached hydrogens (tertiary/aromatic N) is 2. The number of aromatic nitrogens is 1. The third-order valence-electron chi connectivity index (χ3n) is 3.69. The van der Waals surface area contributed by atoms with Crippen LogP contribution in [-0.4, -0.2) is 22.5 Å². The number of hydrogen-bond donors (Lipinski definition) is 2. The summed E-state index contributed by atoms with van der Waals surface area (Å²) in [4.78, 5) is 15.1. The normalized spacial score (nSPS) is 18.8. The lowest BCUT2D eigenvalue weighted by Crippen LogP contribution is -2.32. The molecule has 1 aliphatic heterocycles. The molecule has 1 amide bonds. The molecule has 0 saturated carbocycles. The maximum atomic E-state index is 11.3. The molecule has 3 heterocycles. The zero-order valence-electron chi connectivity index (χ0n) is 11.1. The van der Waals surface area contributed by atoms with Gasteiger partial charge in [-0.1, -0.05) is 5.16 Å². The Morgan fingerprint density at radius 3 is 3.35 bits per heavy atom. The number of rotatable bonds is 3. The Balaban J connectivity index is 1.73. The second-order valence-corrected chi connectivity index (χ2v) is 5.85. The van der Waals surface area contributed by atoms with Gasteiger partial charge in [0, 0.05) is 23.5 Å². The number of hydrogen-bond acceptors (Lipinski definition) is 6. The van der Waals surface area contributed by atoms with Crippen LogP contribution in [0.5, 0.6) is 0 Å². The van der Waals surface area contributed by atoms with Crippen molar-refractivity contribution in [3.05, 3.63) is 39.4 Å². The molecule has 1 atom stereocenters. The van der Waals surface area contributed by atoms with Crippen molar-refractivity contribution in [3.8, 4) is 0 Å². The highest BCUT2D eigenvalue weighted by Crippen LogP contribution is 2.33. The van der Waals surface area contributed by atoms with Crippen molar-refractivity contribution in [1.82, 2.24) is 15.5 Å². The Labute approximate surface area is 120 Å². The van der Waals surface area contributed by atoms with Gasteiger partial charge in [0.15, 0.2) is 11.5 Å². The van der Waals surface area contributed by atoms with Gasteiger partial charge in [-0.25, -0.2) is 5.84 Å². The monoisotopic (exact) mass is 292 g/mol. The zero-order valence-corrected chi connectivity index (χ0v) is 11.9. The molecule has 2 aromatic heterocycles. The quantitative estimate of drug-likeness (QED) is 0.508. The van der Waals surface area contributed by atoms with Crippen LogP contribution in [0.2, 0.25) is 0 Å². The molecule has 0 bridgehead atoms. The minimum Gasteiger partial charge on any atom is -0.359 e. The molecule has 7 heteroatoms. The molecular formula is C13H16N4O2S. The van der Waals surface area contributed by atoms with E-state index in [0.717, 1.165) is 13.0 Å². The molecular weight excluding hydrogens is 276 g/mol. The van der Waals surface area contributed by atoms with Crippen molar-refractivity contribution in [2.45, 2.75) is 25.9 Å². The predicted molar refractivity (Wildman–Crippen MR) is 75.0 cm³/mol. The molecule has 0 saturated heterocycles. The van der Waals surface area contributed by atoms with E-state index in [2.05, 4.69) is 28.4 Å². The molecule has 2 aromatic rings. The fourth-order valence-corrected chi connectivity index (χ4v) is 3.51. The zero-order chi connectivity index (χ0) is 14.1. The lowest BCUT2D eigenvalue weighted by Gasteiger charge is -2.32. The highest BCUT2D eigenvalue weighted by molar-refractivity contribution is 7.10. The van der Waals surface area contributed by atoms with Crippen LogP contribution in [0.15, 0.2) is 22.0 Å². The van der Waals surface area contributed by atoms with Gasteiger partial charge in [-0.05, 0) is 30.4 Å². The van der Waals surface area contributed by atoms with E-state index in [1.54, 1.807) is 6.07 Å². The van der Waals surface area contributed by atoms with Crippen LogP contribution in [0.4, 0.5) is 0 Å². The van der Waals surface area contributed by atoms with Gasteiger partial charge in [0.25, 0.3) is 5.91 Å². The molecule has 1 aliphatic rings. The summed E-state index contributed by atoms with van der Waals surface area (Å²) in [6, 6.07) is 4.17. The van der Waals surface area contributed by atoms with E-state index in [0.29, 0.717) is 18.3 Å². The topological polar surface area (TPSA) is 84.4 Å². The summed E-state index contributed by atoms with van der Waals surface area (Å²) in [6.45, 7) is 3.81. The summed E-state index contributed by atoms with van der Waals surface area (Å²) in [5.74, 6) is 5.31. The van der Waals surface area contributed by atoms with Gasteiger partial charge in [0.1, 0.15) is 0 Å². The number of amides is 1. The third kappa shape index (κ3) is 2.35. The minimum atomic E-state index is -0.438. The number of carbonyl (C=O) groups excluding carboxylic acids is 1. The maximum Gasteiger partial charge on any atom is 0.287 e. The summed E-state index contributed by atoms with van der Waals surface area (Å²) in [7, 11) is 0. The molecule has 0 radical (unpaired) electrons. The summed E-state index contributed by atoms with van der Waals surface area (Å²) >= 11 is 1.82. The van der Waals surface area contributed by atoms with E-state index in [1.807, 2.05) is 16.8 Å². The van der Waals surface area contributed by atoms with Crippen LogP contribution < -0.4 is 11.3 Å². The largest absolute Gasteiger partial charge is 0.359 e. The number of nitrogens with two attached hydrogens (primary N) is 1. The van der Waals surface area contributed by atoms with Gasteiger partial charge in [-0.2, -0.15) is 0 Å². The maximum absolute atomic E-state index is 11.3. The van der Waals surface area contributed by atoms with E-state index in [4.69, 9.17) is 10.4 Å². The first-order valence-electron chi connectivity index (χ1n) is 6.46. The molecule has 3 rings (SSSR count). The molecule has 1 unspecified atom stereocenters. The average Bonchev–Trinajstić information content (AvgIpc) is 3.10. The van der Waals surface area contributed by atoms with Crippen LogP contribution in [0.3, 0.4) is 0 Å². The number of nitrogens with one attached hydrogen (secondary N) is 1. The second-order valence-electron chi connectivity index (χ2n) is 4.85. The van der Waals surface area contributed by atoms with Crippen LogP contribution >= 0.6 is 11.3 Å². The molecule has 0 spiro atoms. The summed E-state index contributed by atoms with van der Waals surface area (Å²) in [5, 5.41) is 5.86. The lowest BCUT2D eigenvalue weighted by atomic mass is 10.0. The van der Waals surface area contributed by atoms with Crippen molar-refractivity contribution in [1.29, 1.82) is 0 Å². The molecule has 0 aliphatic carbocycles. The van der Waals surface area contributed by atoms with E-state index >= 15 is 0 Å². The van der Waals surface area contributed by atoms with Crippen LogP contribution in [0, 0.1) is 0 Å². The number of carbonyl (C=O) groups is 1. The van der Waals surface area contributed by atoms with Gasteiger partial charge in [0.2, 0.25) is 0 Å². The van der Waals surface area contributed by atoms with Gasteiger partial charge in [-0.3, -0.25) is 15.1 Å². The number of thiophene rings is 1. The molecule has 0 aromatic carbocycles. The standard InChI is InChI=1S/C13H16N4O2S/c1-8-10-3-5-20-12(10)2-4-17(8)7-9-6-11(16-19-9)13(18)15-14/h3,5-6,8H,2,4,7,14H2,1H3,(H,15,18). The van der Waals surface area contributed by atoms with Gasteiger partial charge in [0.05, 0.1) is 6.54 Å². The van der Waals surface area contributed by atoms with Gasteiger partial charge < -0.3 is 4.52 Å². The molecule has 3 N–H and O–H groups in total. The average molecular weight is 292 g/mol. The SMILES string of the molecule is CC1c2ccsc2CCN1Cc1cc(C(=O)NN)no1. The minimum absolute atomic E-state index is 0.211. The highest BCUT2D eigenvalue weighted by atomic mass is 32.1. The number of hydrazine groups is 1. The highest BCUT2D eigenvalue weighted by Gasteiger charge is 2.25. The Hall–Kier alpha value is -1.70. The Kier molecular flexibility index (Phi) is 3.56. The predicted octanol–water partition coefficient (Wildman–Crippen LogP) is 1.46. The number of nitrogen functional groups attached to an aromatic ring is 1. The summed E-state index contributed by atoms with van der Waals surface area (Å²) in [5.41, 5.74) is 3.64. The van der Waals surface area contributed by atoms with E-state index in [1.165, 1.54) is 10.4 Å². The van der Waals surface area contributed by atoms with Gasteiger partial charge >= 0.3 is 0 Å². The third-order valence-corrected chi connectivity index (χ3v) is 4.68. The fourth-order valence-electron chi connectivity index (χ4n) is 2.55. The molecule has 6 nitrogen and oxygen atoms in total. The Bertz CT molecular complexity index is 621. The smallest absolute Gasteiger partial charge is 0.287 e. The van der Waals surface area contributed by atoms with E-state index in [-0.39, 0.29) is 5.69 Å². The lowest BCUT2D eigenvalue weighted by molar-refractivity contribution is 0.0944. The first-order valence-corrected chi connectivity index (χ1v) is 7.34. The Morgan fingerprint density at radius 1 is 1.70 bits per heavy atom. The van der Waals surface area contributed by atoms with E-state index in [9.17, 15) is 4.79 Å². The first kappa shape index (κ1) is 13.3. The molecule has 106 valence electrons. The van der Waals surface area contributed by atoms with E-state index < -0.39 is 5.91 Å². The van der Waals surface area contributed by atoms with Crippen molar-refractivity contribution in [2.75, 3.05) is 6.54 Å².